The lowest BCUT2D eigenvalue weighted by molar-refractivity contribution is -0.136. The second kappa shape index (κ2) is 7.66. The van der Waals surface area contributed by atoms with Crippen molar-refractivity contribution in [2.45, 2.75) is 6.92 Å². The van der Waals surface area contributed by atoms with Crippen LogP contribution < -0.4 is 0 Å². The minimum Gasteiger partial charge on any atom is -0.462 e. The second-order valence-corrected chi connectivity index (χ2v) is 4.13. The molecule has 1 aromatic heterocycles. The van der Waals surface area contributed by atoms with Gasteiger partial charge in [0, 0.05) is 17.8 Å². The quantitative estimate of drug-likeness (QED) is 0.491. The van der Waals surface area contributed by atoms with E-state index in [1.54, 1.807) is 31.3 Å². The predicted octanol–water partition coefficient (Wildman–Crippen LogP) is 3.08. The van der Waals surface area contributed by atoms with E-state index in [0.717, 1.165) is 5.56 Å². The van der Waals surface area contributed by atoms with Crippen LogP contribution in [-0.4, -0.2) is 17.6 Å². The average molecular weight is 277 g/mol. The third-order valence-corrected chi connectivity index (χ3v) is 2.64. The third kappa shape index (κ3) is 4.32. The smallest absolute Gasteiger partial charge is 0.340 e. The van der Waals surface area contributed by atoms with Gasteiger partial charge in [-0.25, -0.2) is 4.79 Å². The molecule has 3 nitrogen and oxygen atoms in total. The summed E-state index contributed by atoms with van der Waals surface area (Å²) in [5.74, 6) is 5.45. The fraction of sp³-hybridized carbons (Fsp3) is 0.111. The molecule has 21 heavy (non-hydrogen) atoms. The Balaban J connectivity index is 2.30. The number of benzene rings is 1. The molecule has 104 valence electrons. The molecule has 1 aromatic carbocycles. The molecule has 0 spiro atoms. The highest BCUT2D eigenvalue weighted by atomic mass is 16.5. The maximum Gasteiger partial charge on any atom is 0.340 e. The average Bonchev–Trinajstić information content (AvgIpc) is 2.53. The lowest BCUT2D eigenvalue weighted by Crippen LogP contribution is -2.07. The van der Waals surface area contributed by atoms with Gasteiger partial charge in [-0.1, -0.05) is 36.1 Å². The molecule has 0 radical (unpaired) electrons. The molecule has 0 atom stereocenters. The number of carbonyl (C=O) groups is 1. The first-order valence-electron chi connectivity index (χ1n) is 6.66. The summed E-state index contributed by atoms with van der Waals surface area (Å²) in [6, 6.07) is 14.9. The summed E-state index contributed by atoms with van der Waals surface area (Å²) in [7, 11) is 0. The highest BCUT2D eigenvalue weighted by Crippen LogP contribution is 2.12. The Morgan fingerprint density at radius 3 is 2.62 bits per heavy atom. The van der Waals surface area contributed by atoms with Crippen LogP contribution >= 0.6 is 0 Å². The lowest BCUT2D eigenvalue weighted by atomic mass is 10.1. The molecule has 2 rings (SSSR count). The molecule has 0 saturated carbocycles. The van der Waals surface area contributed by atoms with Gasteiger partial charge < -0.3 is 4.74 Å². The van der Waals surface area contributed by atoms with Crippen LogP contribution in [0.25, 0.3) is 5.57 Å². The fourth-order valence-electron chi connectivity index (χ4n) is 1.68. The number of carbonyl (C=O) groups excluding carboxylic acids is 1. The number of rotatable bonds is 3. The van der Waals surface area contributed by atoms with Crippen LogP contribution in [0.4, 0.5) is 0 Å². The van der Waals surface area contributed by atoms with Gasteiger partial charge in [-0.2, -0.15) is 0 Å². The number of nitrogens with zero attached hydrogens (tertiary/aromatic N) is 1. The Hall–Kier alpha value is -2.86. The van der Waals surface area contributed by atoms with E-state index >= 15 is 0 Å². The number of hydrogen-bond acceptors (Lipinski definition) is 3. The molecule has 0 aliphatic carbocycles. The minimum atomic E-state index is -0.418. The molecular weight excluding hydrogens is 262 g/mol. The van der Waals surface area contributed by atoms with E-state index in [9.17, 15) is 4.79 Å². The second-order valence-electron chi connectivity index (χ2n) is 4.13. The Bertz CT molecular complexity index is 679. The SMILES string of the molecule is CCOC(=O)/C(=C/C#Cc1ccccc1)c1ccccn1. The fourth-order valence-corrected chi connectivity index (χ4v) is 1.68. The summed E-state index contributed by atoms with van der Waals surface area (Å²) in [6.07, 6.45) is 3.18. The van der Waals surface area contributed by atoms with Crippen LogP contribution in [0.1, 0.15) is 18.2 Å². The first kappa shape index (κ1) is 14.5. The van der Waals surface area contributed by atoms with Crippen molar-refractivity contribution >= 4 is 11.5 Å². The summed E-state index contributed by atoms with van der Waals surface area (Å²) in [4.78, 5) is 16.2. The van der Waals surface area contributed by atoms with Crippen LogP contribution in [-0.2, 0) is 9.53 Å². The van der Waals surface area contributed by atoms with Crippen molar-refractivity contribution in [3.8, 4) is 11.8 Å². The van der Waals surface area contributed by atoms with E-state index in [1.165, 1.54) is 0 Å². The molecule has 0 saturated heterocycles. The molecule has 0 N–H and O–H groups in total. The highest BCUT2D eigenvalue weighted by molar-refractivity contribution is 6.16. The standard InChI is InChI=1S/C18H15NO2/c1-2-21-18(20)16(17-13-6-7-14-19-17)12-8-11-15-9-4-3-5-10-15/h3-7,9-10,12-14H,2H2,1H3/b16-12+. The lowest BCUT2D eigenvalue weighted by Gasteiger charge is -2.04. The van der Waals surface area contributed by atoms with Gasteiger partial charge in [0.2, 0.25) is 0 Å². The summed E-state index contributed by atoms with van der Waals surface area (Å²) < 4.78 is 5.05. The van der Waals surface area contributed by atoms with E-state index in [4.69, 9.17) is 4.74 Å². The Morgan fingerprint density at radius 2 is 1.95 bits per heavy atom. The van der Waals surface area contributed by atoms with Gasteiger partial charge in [-0.05, 0) is 31.2 Å². The van der Waals surface area contributed by atoms with Crippen molar-refractivity contribution in [3.05, 3.63) is 72.1 Å². The van der Waals surface area contributed by atoms with Crippen LogP contribution in [0.2, 0.25) is 0 Å². The molecule has 2 aromatic rings. The third-order valence-electron chi connectivity index (χ3n) is 2.64. The van der Waals surface area contributed by atoms with Gasteiger partial charge in [-0.3, -0.25) is 4.98 Å². The van der Waals surface area contributed by atoms with Crippen molar-refractivity contribution in [2.75, 3.05) is 6.61 Å². The maximum atomic E-state index is 12.0. The van der Waals surface area contributed by atoms with E-state index in [2.05, 4.69) is 16.8 Å². The van der Waals surface area contributed by atoms with E-state index in [0.29, 0.717) is 17.9 Å². The molecular formula is C18H15NO2. The van der Waals surface area contributed by atoms with E-state index < -0.39 is 5.97 Å². The van der Waals surface area contributed by atoms with Crippen LogP contribution in [0, 0.1) is 11.8 Å². The van der Waals surface area contributed by atoms with Gasteiger partial charge in [0.15, 0.2) is 0 Å². The summed E-state index contributed by atoms with van der Waals surface area (Å²) in [5.41, 5.74) is 1.80. The first-order valence-corrected chi connectivity index (χ1v) is 6.66. The van der Waals surface area contributed by atoms with Crippen molar-refractivity contribution in [2.24, 2.45) is 0 Å². The van der Waals surface area contributed by atoms with Crippen LogP contribution in [0.5, 0.6) is 0 Å². The molecule has 0 fully saturated rings. The normalized spacial score (nSPS) is 10.4. The number of pyridine rings is 1. The van der Waals surface area contributed by atoms with E-state index in [-0.39, 0.29) is 0 Å². The minimum absolute atomic E-state index is 0.315. The van der Waals surface area contributed by atoms with Crippen molar-refractivity contribution in [1.29, 1.82) is 0 Å². The summed E-state index contributed by atoms with van der Waals surface area (Å²) >= 11 is 0. The Morgan fingerprint density at radius 1 is 1.19 bits per heavy atom. The van der Waals surface area contributed by atoms with E-state index in [1.807, 2.05) is 36.4 Å². The Kier molecular flexibility index (Phi) is 5.31. The first-order chi connectivity index (χ1) is 10.3. The molecule has 0 aliphatic heterocycles. The maximum absolute atomic E-state index is 12.0. The summed E-state index contributed by atoms with van der Waals surface area (Å²) in [5, 5.41) is 0. The zero-order valence-corrected chi connectivity index (χ0v) is 11.7. The Labute approximate surface area is 124 Å². The number of ether oxygens (including phenoxy) is 1. The molecule has 0 bridgehead atoms. The number of esters is 1. The zero-order chi connectivity index (χ0) is 14.9. The van der Waals surface area contributed by atoms with Crippen molar-refractivity contribution < 1.29 is 9.53 Å². The van der Waals surface area contributed by atoms with Crippen molar-refractivity contribution in [1.82, 2.24) is 4.98 Å². The van der Waals surface area contributed by atoms with Gasteiger partial charge in [0.05, 0.1) is 17.9 Å². The number of aromatic nitrogens is 1. The molecule has 3 heteroatoms. The zero-order valence-electron chi connectivity index (χ0n) is 11.7. The van der Waals surface area contributed by atoms with Gasteiger partial charge in [-0.15, -0.1) is 0 Å². The highest BCUT2D eigenvalue weighted by Gasteiger charge is 2.13. The molecule has 1 heterocycles. The predicted molar refractivity (Wildman–Crippen MR) is 82.2 cm³/mol. The summed E-state index contributed by atoms with van der Waals surface area (Å²) in [6.45, 7) is 2.08. The van der Waals surface area contributed by atoms with Gasteiger partial charge >= 0.3 is 5.97 Å². The topological polar surface area (TPSA) is 39.2 Å². The van der Waals surface area contributed by atoms with Gasteiger partial charge in [0.25, 0.3) is 0 Å². The van der Waals surface area contributed by atoms with Gasteiger partial charge in [0.1, 0.15) is 0 Å². The van der Waals surface area contributed by atoms with Crippen LogP contribution in [0.3, 0.4) is 0 Å². The largest absolute Gasteiger partial charge is 0.462 e. The monoisotopic (exact) mass is 277 g/mol. The number of hydrogen-bond donors (Lipinski definition) is 0. The number of allylic oxidation sites excluding steroid dienone is 1. The molecule has 0 aliphatic rings. The molecule has 0 amide bonds. The molecule has 0 unspecified atom stereocenters. The van der Waals surface area contributed by atoms with Crippen LogP contribution in [0.15, 0.2) is 60.8 Å². The van der Waals surface area contributed by atoms with Crippen molar-refractivity contribution in [3.63, 3.8) is 0 Å².